The number of nitrogens with two attached hydrogens (primary N) is 1. The number of hydrogen-bond donors (Lipinski definition) is 1. The van der Waals surface area contributed by atoms with Gasteiger partial charge in [-0.25, -0.2) is 0 Å². The Morgan fingerprint density at radius 1 is 1.11 bits per heavy atom. The average Bonchev–Trinajstić information content (AvgIpc) is 2.27. The summed E-state index contributed by atoms with van der Waals surface area (Å²) >= 11 is 0. The predicted molar refractivity (Wildman–Crippen MR) is 79.8 cm³/mol. The predicted octanol–water partition coefficient (Wildman–Crippen LogP) is 2.75. The van der Waals surface area contributed by atoms with E-state index >= 15 is 0 Å². The fraction of sp³-hybridized carbons (Fsp3) is 1.00. The van der Waals surface area contributed by atoms with Gasteiger partial charge in [0, 0.05) is 20.3 Å². The van der Waals surface area contributed by atoms with E-state index in [9.17, 15) is 0 Å². The normalized spacial score (nSPS) is 14.2. The fourth-order valence-corrected chi connectivity index (χ4v) is 2.41. The van der Waals surface area contributed by atoms with Crippen molar-refractivity contribution in [3.8, 4) is 0 Å². The Morgan fingerprint density at radius 2 is 1.72 bits per heavy atom. The molecule has 110 valence electrons. The molecule has 0 saturated heterocycles. The molecule has 0 heterocycles. The molecule has 0 amide bonds. The van der Waals surface area contributed by atoms with E-state index in [2.05, 4.69) is 32.7 Å². The molecule has 18 heavy (non-hydrogen) atoms. The number of nitrogens with zero attached hydrogens (tertiary/aromatic N) is 1. The third-order valence-electron chi connectivity index (χ3n) is 3.72. The monoisotopic (exact) mass is 258 g/mol. The topological polar surface area (TPSA) is 38.5 Å². The Hall–Kier alpha value is -0.120. The third-order valence-corrected chi connectivity index (χ3v) is 3.72. The van der Waals surface area contributed by atoms with Crippen LogP contribution in [0.2, 0.25) is 0 Å². The Kier molecular flexibility index (Phi) is 9.70. The second-order valence-electron chi connectivity index (χ2n) is 6.43. The third kappa shape index (κ3) is 8.90. The lowest BCUT2D eigenvalue weighted by Gasteiger charge is -2.31. The van der Waals surface area contributed by atoms with Gasteiger partial charge in [0.2, 0.25) is 0 Å². The second-order valence-corrected chi connectivity index (χ2v) is 6.43. The summed E-state index contributed by atoms with van der Waals surface area (Å²) in [7, 11) is 3.96. The molecular formula is C15H34N2O. The zero-order chi connectivity index (χ0) is 14.0. The molecule has 3 heteroatoms. The zero-order valence-electron chi connectivity index (χ0n) is 13.2. The second kappa shape index (κ2) is 9.76. The van der Waals surface area contributed by atoms with Crippen LogP contribution in [0.1, 0.15) is 46.5 Å². The van der Waals surface area contributed by atoms with E-state index in [0.29, 0.717) is 5.41 Å². The van der Waals surface area contributed by atoms with Gasteiger partial charge in [-0.1, -0.05) is 20.8 Å². The zero-order valence-corrected chi connectivity index (χ0v) is 13.2. The average molecular weight is 258 g/mol. The number of methoxy groups -OCH3 is 1. The van der Waals surface area contributed by atoms with Gasteiger partial charge in [0.25, 0.3) is 0 Å². The summed E-state index contributed by atoms with van der Waals surface area (Å²) in [6, 6.07) is 0. The summed E-state index contributed by atoms with van der Waals surface area (Å²) in [5.74, 6) is 0.745. The van der Waals surface area contributed by atoms with E-state index in [0.717, 1.165) is 38.5 Å². The van der Waals surface area contributed by atoms with Gasteiger partial charge in [-0.05, 0) is 57.2 Å². The molecule has 0 rings (SSSR count). The first-order valence-corrected chi connectivity index (χ1v) is 7.29. The van der Waals surface area contributed by atoms with Gasteiger partial charge in [0.15, 0.2) is 0 Å². The van der Waals surface area contributed by atoms with Crippen molar-refractivity contribution in [3.63, 3.8) is 0 Å². The van der Waals surface area contributed by atoms with Crippen molar-refractivity contribution in [1.82, 2.24) is 4.90 Å². The smallest absolute Gasteiger partial charge is 0.0474 e. The van der Waals surface area contributed by atoms with Crippen LogP contribution in [0, 0.1) is 11.3 Å². The maximum atomic E-state index is 5.71. The van der Waals surface area contributed by atoms with Gasteiger partial charge >= 0.3 is 0 Å². The van der Waals surface area contributed by atoms with Crippen molar-refractivity contribution in [3.05, 3.63) is 0 Å². The minimum atomic E-state index is 0.383. The van der Waals surface area contributed by atoms with Gasteiger partial charge in [-0.2, -0.15) is 0 Å². The summed E-state index contributed by atoms with van der Waals surface area (Å²) in [5, 5.41) is 0. The highest BCUT2D eigenvalue weighted by Gasteiger charge is 2.23. The van der Waals surface area contributed by atoms with Crippen molar-refractivity contribution in [2.24, 2.45) is 17.1 Å². The number of rotatable bonds is 10. The molecule has 0 aromatic heterocycles. The van der Waals surface area contributed by atoms with Gasteiger partial charge in [0.1, 0.15) is 0 Å². The van der Waals surface area contributed by atoms with Crippen LogP contribution in [0.3, 0.4) is 0 Å². The minimum absolute atomic E-state index is 0.383. The molecule has 0 aromatic rings. The molecule has 0 aliphatic carbocycles. The minimum Gasteiger partial charge on any atom is -0.385 e. The Labute approximate surface area is 114 Å². The van der Waals surface area contributed by atoms with E-state index in [4.69, 9.17) is 10.5 Å². The quantitative estimate of drug-likeness (QED) is 0.612. The lowest BCUT2D eigenvalue weighted by Crippen LogP contribution is -2.26. The van der Waals surface area contributed by atoms with E-state index in [-0.39, 0.29) is 0 Å². The highest BCUT2D eigenvalue weighted by atomic mass is 16.5. The molecule has 1 unspecified atom stereocenters. The highest BCUT2D eigenvalue weighted by molar-refractivity contribution is 4.74. The molecule has 1 atom stereocenters. The van der Waals surface area contributed by atoms with E-state index in [1.165, 1.54) is 19.4 Å². The number of hydrogen-bond acceptors (Lipinski definition) is 3. The molecule has 0 aliphatic rings. The number of ether oxygens (including phenoxy) is 1. The Morgan fingerprint density at radius 3 is 2.22 bits per heavy atom. The van der Waals surface area contributed by atoms with Crippen molar-refractivity contribution < 1.29 is 4.74 Å². The van der Waals surface area contributed by atoms with E-state index in [1.54, 1.807) is 7.11 Å². The lowest BCUT2D eigenvalue weighted by atomic mass is 9.76. The van der Waals surface area contributed by atoms with Crippen LogP contribution in [0.5, 0.6) is 0 Å². The molecule has 2 N–H and O–H groups in total. The summed E-state index contributed by atoms with van der Waals surface area (Å²) in [5.41, 5.74) is 6.10. The van der Waals surface area contributed by atoms with Crippen molar-refractivity contribution in [1.29, 1.82) is 0 Å². The maximum absolute atomic E-state index is 5.71. The standard InChI is InChI=1S/C15H34N2O/c1-15(2,3)14(9-10-16)8-6-11-17(4)12-7-13-18-5/h14H,6-13,16H2,1-5H3. The lowest BCUT2D eigenvalue weighted by molar-refractivity contribution is 0.173. The highest BCUT2D eigenvalue weighted by Crippen LogP contribution is 2.32. The summed E-state index contributed by atoms with van der Waals surface area (Å²) in [4.78, 5) is 2.40. The van der Waals surface area contributed by atoms with Crippen LogP contribution in [0.15, 0.2) is 0 Å². The van der Waals surface area contributed by atoms with Crippen LogP contribution in [0.25, 0.3) is 0 Å². The van der Waals surface area contributed by atoms with Crippen molar-refractivity contribution >= 4 is 0 Å². The molecular weight excluding hydrogens is 224 g/mol. The summed E-state index contributed by atoms with van der Waals surface area (Å²) in [6.07, 6.45) is 4.83. The van der Waals surface area contributed by atoms with E-state index < -0.39 is 0 Å². The molecule has 3 nitrogen and oxygen atoms in total. The maximum Gasteiger partial charge on any atom is 0.0474 e. The molecule has 0 fully saturated rings. The molecule has 0 aromatic carbocycles. The van der Waals surface area contributed by atoms with Crippen molar-refractivity contribution in [2.75, 3.05) is 40.4 Å². The first-order chi connectivity index (χ1) is 8.41. The van der Waals surface area contributed by atoms with E-state index in [1.807, 2.05) is 0 Å². The molecule has 0 bridgehead atoms. The first-order valence-electron chi connectivity index (χ1n) is 7.29. The fourth-order valence-electron chi connectivity index (χ4n) is 2.41. The Balaban J connectivity index is 3.78. The van der Waals surface area contributed by atoms with Gasteiger partial charge in [-0.3, -0.25) is 0 Å². The molecule has 0 radical (unpaired) electrons. The van der Waals surface area contributed by atoms with Gasteiger partial charge in [-0.15, -0.1) is 0 Å². The molecule has 0 aliphatic heterocycles. The van der Waals surface area contributed by atoms with Crippen LogP contribution in [-0.4, -0.2) is 45.3 Å². The Bertz CT molecular complexity index is 189. The molecule has 0 spiro atoms. The molecule has 0 saturated carbocycles. The first kappa shape index (κ1) is 17.9. The van der Waals surface area contributed by atoms with Crippen LogP contribution in [-0.2, 0) is 4.74 Å². The van der Waals surface area contributed by atoms with Crippen LogP contribution < -0.4 is 5.73 Å². The van der Waals surface area contributed by atoms with Crippen molar-refractivity contribution in [2.45, 2.75) is 46.5 Å². The SMILES string of the molecule is COCCCN(C)CCCC(CCN)C(C)(C)C. The summed E-state index contributed by atoms with van der Waals surface area (Å²) in [6.45, 7) is 11.0. The largest absolute Gasteiger partial charge is 0.385 e. The van der Waals surface area contributed by atoms with Crippen LogP contribution >= 0.6 is 0 Å². The van der Waals surface area contributed by atoms with Gasteiger partial charge in [0.05, 0.1) is 0 Å². The van der Waals surface area contributed by atoms with Gasteiger partial charge < -0.3 is 15.4 Å². The summed E-state index contributed by atoms with van der Waals surface area (Å²) < 4.78 is 5.07. The van der Waals surface area contributed by atoms with Crippen LogP contribution in [0.4, 0.5) is 0 Å².